The van der Waals surface area contributed by atoms with Crippen LogP contribution in [0.15, 0.2) is 53.4 Å². The van der Waals surface area contributed by atoms with Gasteiger partial charge in [0.15, 0.2) is 11.6 Å². The summed E-state index contributed by atoms with van der Waals surface area (Å²) in [6.45, 7) is 3.89. The monoisotopic (exact) mass is 493 g/mol. The second kappa shape index (κ2) is 10.9. The van der Waals surface area contributed by atoms with Gasteiger partial charge >= 0.3 is 0 Å². The molecule has 1 N–H and O–H groups in total. The number of nitrogens with zero attached hydrogens (tertiary/aromatic N) is 2. The normalized spacial score (nSPS) is 19.6. The summed E-state index contributed by atoms with van der Waals surface area (Å²) in [5.41, 5.74) is 1.01. The molecule has 2 aliphatic heterocycles. The van der Waals surface area contributed by atoms with Crippen molar-refractivity contribution in [2.45, 2.75) is 23.8 Å². The molecule has 2 saturated heterocycles. The van der Waals surface area contributed by atoms with Gasteiger partial charge in [0, 0.05) is 38.6 Å². The molecule has 2 aromatic carbocycles. The minimum atomic E-state index is -3.96. The summed E-state index contributed by atoms with van der Waals surface area (Å²) in [5, 5.41) is 3.17. The van der Waals surface area contributed by atoms with Gasteiger partial charge in [0.2, 0.25) is 15.9 Å². The van der Waals surface area contributed by atoms with Crippen LogP contribution in [-0.4, -0.2) is 69.5 Å². The molecule has 34 heavy (non-hydrogen) atoms. The maximum atomic E-state index is 13.6. The van der Waals surface area contributed by atoms with Gasteiger partial charge in [-0.1, -0.05) is 30.3 Å². The van der Waals surface area contributed by atoms with Crippen LogP contribution in [-0.2, 0) is 19.6 Å². The Morgan fingerprint density at radius 1 is 1.00 bits per heavy atom. The van der Waals surface area contributed by atoms with Crippen molar-refractivity contribution in [2.75, 3.05) is 45.9 Å². The van der Waals surface area contributed by atoms with Crippen molar-refractivity contribution >= 4 is 15.9 Å². The molecule has 0 bridgehead atoms. The lowest BCUT2D eigenvalue weighted by molar-refractivity contribution is -0.127. The van der Waals surface area contributed by atoms with Crippen molar-refractivity contribution in [2.24, 2.45) is 5.92 Å². The van der Waals surface area contributed by atoms with Gasteiger partial charge in [-0.25, -0.2) is 17.2 Å². The lowest BCUT2D eigenvalue weighted by Gasteiger charge is -2.34. The number of carbonyl (C=O) groups excluding carboxylic acids is 1. The summed E-state index contributed by atoms with van der Waals surface area (Å²) in [6.07, 6.45) is 0.710. The number of benzene rings is 2. The SMILES string of the molecule is O=C(N[C@@H](CN1CCOCC1)c1ccccc1)C1CCN(S(=O)(=O)c2ccc(F)c(F)c2)CC1. The molecule has 1 amide bonds. The van der Waals surface area contributed by atoms with Crippen LogP contribution in [0.2, 0.25) is 0 Å². The number of morpholine rings is 1. The standard InChI is InChI=1S/C24H29F2N3O4S/c25-21-7-6-20(16-22(21)26)34(31,32)29-10-8-19(9-11-29)24(30)27-23(18-4-2-1-3-5-18)17-28-12-14-33-15-13-28/h1-7,16,19,23H,8-15,17H2,(H,27,30)/t23-/m0/s1. The topological polar surface area (TPSA) is 79.0 Å². The molecule has 7 nitrogen and oxygen atoms in total. The molecule has 0 aromatic heterocycles. The fraction of sp³-hybridized carbons (Fsp3) is 0.458. The maximum Gasteiger partial charge on any atom is 0.243 e. The predicted molar refractivity (Wildman–Crippen MR) is 122 cm³/mol. The molecule has 0 saturated carbocycles. The second-order valence-electron chi connectivity index (χ2n) is 8.64. The van der Waals surface area contributed by atoms with Crippen LogP contribution >= 0.6 is 0 Å². The molecule has 4 rings (SSSR count). The lowest BCUT2D eigenvalue weighted by atomic mass is 9.96. The van der Waals surface area contributed by atoms with Gasteiger partial charge in [-0.3, -0.25) is 9.69 Å². The number of sulfonamides is 1. The molecule has 0 spiro atoms. The number of hydrogen-bond donors (Lipinski definition) is 1. The van der Waals surface area contributed by atoms with Gasteiger partial charge in [-0.05, 0) is 36.6 Å². The summed E-state index contributed by atoms with van der Waals surface area (Å²) < 4.78 is 59.1. The zero-order valence-electron chi connectivity index (χ0n) is 18.8. The Hall–Kier alpha value is -2.40. The largest absolute Gasteiger partial charge is 0.379 e. The number of rotatable bonds is 7. The van der Waals surface area contributed by atoms with E-state index in [0.717, 1.165) is 30.8 Å². The summed E-state index contributed by atoms with van der Waals surface area (Å²) in [7, 11) is -3.96. The quantitative estimate of drug-likeness (QED) is 0.642. The number of piperidine rings is 1. The number of amides is 1. The fourth-order valence-corrected chi connectivity index (χ4v) is 5.88. The molecule has 0 aliphatic carbocycles. The zero-order valence-corrected chi connectivity index (χ0v) is 19.6. The smallest absolute Gasteiger partial charge is 0.243 e. The van der Waals surface area contributed by atoms with Crippen molar-refractivity contribution in [1.82, 2.24) is 14.5 Å². The molecule has 0 unspecified atom stereocenters. The van der Waals surface area contributed by atoms with Crippen molar-refractivity contribution in [3.63, 3.8) is 0 Å². The first kappa shape index (κ1) is 24.7. The highest BCUT2D eigenvalue weighted by atomic mass is 32.2. The third kappa shape index (κ3) is 5.80. The average molecular weight is 494 g/mol. The Bertz CT molecular complexity index is 1090. The number of carbonyl (C=O) groups is 1. The van der Waals surface area contributed by atoms with Crippen LogP contribution < -0.4 is 5.32 Å². The van der Waals surface area contributed by atoms with Gasteiger partial charge in [0.1, 0.15) is 0 Å². The number of nitrogens with one attached hydrogen (secondary N) is 1. The van der Waals surface area contributed by atoms with E-state index in [9.17, 15) is 22.0 Å². The fourth-order valence-electron chi connectivity index (χ4n) is 4.40. The van der Waals surface area contributed by atoms with E-state index < -0.39 is 21.7 Å². The minimum absolute atomic E-state index is 0.105. The van der Waals surface area contributed by atoms with Gasteiger partial charge in [-0.2, -0.15) is 4.31 Å². The van der Waals surface area contributed by atoms with Crippen LogP contribution in [0.25, 0.3) is 0 Å². The number of halogens is 2. The van der Waals surface area contributed by atoms with Crippen molar-refractivity contribution in [3.8, 4) is 0 Å². The Morgan fingerprint density at radius 2 is 1.68 bits per heavy atom. The average Bonchev–Trinajstić information content (AvgIpc) is 2.86. The molecular weight excluding hydrogens is 464 g/mol. The third-order valence-corrected chi connectivity index (χ3v) is 8.31. The Morgan fingerprint density at radius 3 is 2.32 bits per heavy atom. The molecule has 2 heterocycles. The van der Waals surface area contributed by atoms with Crippen LogP contribution in [0.1, 0.15) is 24.4 Å². The summed E-state index contributed by atoms with van der Waals surface area (Å²) >= 11 is 0. The molecule has 1 atom stereocenters. The lowest BCUT2D eigenvalue weighted by Crippen LogP contribution is -2.46. The maximum absolute atomic E-state index is 13.6. The first-order chi connectivity index (χ1) is 16.3. The Balaban J connectivity index is 1.38. The van der Waals surface area contributed by atoms with Gasteiger partial charge in [0.05, 0.1) is 24.2 Å². The molecule has 2 fully saturated rings. The van der Waals surface area contributed by atoms with E-state index in [1.165, 1.54) is 4.31 Å². The molecule has 2 aliphatic rings. The summed E-state index contributed by atoms with van der Waals surface area (Å²) in [6, 6.07) is 12.2. The Kier molecular flexibility index (Phi) is 7.92. The molecular formula is C24H29F2N3O4S. The summed E-state index contributed by atoms with van der Waals surface area (Å²) in [5.74, 6) is -2.73. The third-order valence-electron chi connectivity index (χ3n) is 6.42. The van der Waals surface area contributed by atoms with Gasteiger partial charge in [0.25, 0.3) is 0 Å². The van der Waals surface area contributed by atoms with Crippen LogP contribution in [0, 0.1) is 17.6 Å². The predicted octanol–water partition coefficient (Wildman–Crippen LogP) is 2.56. The van der Waals surface area contributed by atoms with Crippen LogP contribution in [0.3, 0.4) is 0 Å². The number of ether oxygens (including phenoxy) is 1. The van der Waals surface area contributed by atoms with Crippen LogP contribution in [0.4, 0.5) is 8.78 Å². The van der Waals surface area contributed by atoms with Gasteiger partial charge in [-0.15, -0.1) is 0 Å². The molecule has 184 valence electrons. The van der Waals surface area contributed by atoms with Crippen molar-refractivity contribution in [3.05, 3.63) is 65.7 Å². The molecule has 0 radical (unpaired) electrons. The zero-order chi connectivity index (χ0) is 24.1. The summed E-state index contributed by atoms with van der Waals surface area (Å²) in [4.78, 5) is 15.1. The van der Waals surface area contributed by atoms with E-state index in [0.29, 0.717) is 38.7 Å². The van der Waals surface area contributed by atoms with Crippen LogP contribution in [0.5, 0.6) is 0 Å². The first-order valence-corrected chi connectivity index (χ1v) is 12.9. The molecule has 10 heteroatoms. The van der Waals surface area contributed by atoms with E-state index in [1.807, 2.05) is 30.3 Å². The van der Waals surface area contributed by atoms with E-state index in [2.05, 4.69) is 10.2 Å². The van der Waals surface area contributed by atoms with E-state index >= 15 is 0 Å². The van der Waals surface area contributed by atoms with E-state index in [-0.39, 0.29) is 35.9 Å². The second-order valence-corrected chi connectivity index (χ2v) is 10.6. The number of hydrogen-bond acceptors (Lipinski definition) is 5. The minimum Gasteiger partial charge on any atom is -0.379 e. The highest BCUT2D eigenvalue weighted by molar-refractivity contribution is 7.89. The van der Waals surface area contributed by atoms with E-state index in [1.54, 1.807) is 0 Å². The van der Waals surface area contributed by atoms with Crippen molar-refractivity contribution < 1.29 is 26.7 Å². The van der Waals surface area contributed by atoms with Crippen molar-refractivity contribution in [1.29, 1.82) is 0 Å². The Labute approximate surface area is 198 Å². The highest BCUT2D eigenvalue weighted by Gasteiger charge is 2.33. The molecule has 2 aromatic rings. The van der Waals surface area contributed by atoms with Gasteiger partial charge < -0.3 is 10.1 Å². The first-order valence-electron chi connectivity index (χ1n) is 11.5. The highest BCUT2D eigenvalue weighted by Crippen LogP contribution is 2.26. The van der Waals surface area contributed by atoms with E-state index in [4.69, 9.17) is 4.74 Å².